The highest BCUT2D eigenvalue weighted by Gasteiger charge is 2.19. The Balaban J connectivity index is 1.58. The fourth-order valence-electron chi connectivity index (χ4n) is 4.01. The van der Waals surface area contributed by atoms with Gasteiger partial charge in [-0.3, -0.25) is 0 Å². The molecule has 0 aromatic heterocycles. The van der Waals surface area contributed by atoms with E-state index in [1.807, 2.05) is 0 Å². The van der Waals surface area contributed by atoms with E-state index in [1.165, 1.54) is 44.5 Å². The van der Waals surface area contributed by atoms with Crippen LogP contribution in [0.2, 0.25) is 0 Å². The molecule has 138 valence electrons. The van der Waals surface area contributed by atoms with Gasteiger partial charge in [-0.25, -0.2) is 0 Å². The second-order valence-electron chi connectivity index (χ2n) is 7.46. The van der Waals surface area contributed by atoms with Crippen molar-refractivity contribution in [3.8, 4) is 11.1 Å². The Morgan fingerprint density at radius 2 is 1.00 bits per heavy atom. The number of hydrogen-bond acceptors (Lipinski definition) is 0. The molecular weight excluding hydrogens is 348 g/mol. The molecule has 0 radical (unpaired) electrons. The standard InChI is InChI=1S/C29H22/c1-3-9-22(10-4-1)15-17-24-19-27-20-26-13-7-8-14-28(26)29(27)21-25(24)18-16-23-11-5-2-6-12-23/h1-19,21H,20H2/b17-15+,18-16+. The second kappa shape index (κ2) is 7.77. The third-order valence-corrected chi connectivity index (χ3v) is 5.51. The van der Waals surface area contributed by atoms with Crippen molar-refractivity contribution in [1.29, 1.82) is 0 Å². The van der Waals surface area contributed by atoms with Crippen LogP contribution in [0.4, 0.5) is 0 Å². The van der Waals surface area contributed by atoms with Crippen LogP contribution in [0.3, 0.4) is 0 Å². The van der Waals surface area contributed by atoms with Crippen LogP contribution in [0.15, 0.2) is 97.1 Å². The Kier molecular flexibility index (Phi) is 4.68. The van der Waals surface area contributed by atoms with E-state index in [4.69, 9.17) is 0 Å². The molecule has 0 atom stereocenters. The van der Waals surface area contributed by atoms with Crippen LogP contribution in [-0.2, 0) is 6.42 Å². The van der Waals surface area contributed by atoms with Gasteiger partial charge in [-0.1, -0.05) is 115 Å². The molecule has 0 saturated carbocycles. The van der Waals surface area contributed by atoms with Gasteiger partial charge in [0.25, 0.3) is 0 Å². The molecule has 0 nitrogen and oxygen atoms in total. The molecule has 0 amide bonds. The van der Waals surface area contributed by atoms with Gasteiger partial charge in [-0.05, 0) is 57.0 Å². The van der Waals surface area contributed by atoms with Crippen molar-refractivity contribution < 1.29 is 0 Å². The molecule has 1 aliphatic carbocycles. The summed E-state index contributed by atoms with van der Waals surface area (Å²) in [5.41, 5.74) is 10.5. The summed E-state index contributed by atoms with van der Waals surface area (Å²) in [4.78, 5) is 0. The molecule has 0 bridgehead atoms. The van der Waals surface area contributed by atoms with Gasteiger partial charge in [0.05, 0.1) is 0 Å². The Bertz CT molecular complexity index is 1200. The molecule has 0 heterocycles. The van der Waals surface area contributed by atoms with Crippen LogP contribution < -0.4 is 0 Å². The molecule has 0 unspecified atom stereocenters. The summed E-state index contributed by atoms with van der Waals surface area (Å²) < 4.78 is 0. The normalized spacial score (nSPS) is 12.4. The van der Waals surface area contributed by atoms with Crippen molar-refractivity contribution in [2.45, 2.75) is 6.42 Å². The van der Waals surface area contributed by atoms with Gasteiger partial charge >= 0.3 is 0 Å². The first kappa shape index (κ1) is 17.5. The topological polar surface area (TPSA) is 0 Å². The minimum absolute atomic E-state index is 1.01. The van der Waals surface area contributed by atoms with Crippen molar-refractivity contribution in [2.24, 2.45) is 0 Å². The number of hydrogen-bond donors (Lipinski definition) is 0. The van der Waals surface area contributed by atoms with Crippen molar-refractivity contribution in [3.05, 3.63) is 130 Å². The van der Waals surface area contributed by atoms with Crippen LogP contribution >= 0.6 is 0 Å². The molecule has 4 aromatic rings. The van der Waals surface area contributed by atoms with E-state index >= 15 is 0 Å². The molecule has 0 N–H and O–H groups in total. The third-order valence-electron chi connectivity index (χ3n) is 5.51. The fraction of sp³-hybridized carbons (Fsp3) is 0.0345. The SMILES string of the molecule is C(=C\c1cc2c(cc1/C=C/c1ccccc1)-c1ccccc1C2)/c1ccccc1. The Morgan fingerprint density at radius 3 is 1.66 bits per heavy atom. The molecule has 0 fully saturated rings. The van der Waals surface area contributed by atoms with Crippen LogP contribution in [0, 0.1) is 0 Å². The summed E-state index contributed by atoms with van der Waals surface area (Å²) in [6.45, 7) is 0. The van der Waals surface area contributed by atoms with Crippen LogP contribution in [-0.4, -0.2) is 0 Å². The summed E-state index contributed by atoms with van der Waals surface area (Å²) in [6.07, 6.45) is 9.89. The van der Waals surface area contributed by atoms with E-state index in [2.05, 4.69) is 121 Å². The van der Waals surface area contributed by atoms with E-state index in [0.717, 1.165) is 6.42 Å². The van der Waals surface area contributed by atoms with Crippen LogP contribution in [0.5, 0.6) is 0 Å². The number of rotatable bonds is 4. The lowest BCUT2D eigenvalue weighted by molar-refractivity contribution is 1.26. The first-order valence-electron chi connectivity index (χ1n) is 10.1. The highest BCUT2D eigenvalue weighted by molar-refractivity contribution is 5.86. The zero-order valence-electron chi connectivity index (χ0n) is 16.3. The highest BCUT2D eigenvalue weighted by atomic mass is 14.2. The fourth-order valence-corrected chi connectivity index (χ4v) is 4.01. The molecule has 0 saturated heterocycles. The summed E-state index contributed by atoms with van der Waals surface area (Å²) in [5, 5.41) is 0. The van der Waals surface area contributed by atoms with Crippen LogP contribution in [0.1, 0.15) is 33.4 Å². The van der Waals surface area contributed by atoms with E-state index in [1.54, 1.807) is 0 Å². The monoisotopic (exact) mass is 370 g/mol. The molecule has 5 rings (SSSR count). The predicted molar refractivity (Wildman–Crippen MR) is 125 cm³/mol. The van der Waals surface area contributed by atoms with Gasteiger partial charge in [0, 0.05) is 0 Å². The van der Waals surface area contributed by atoms with Crippen molar-refractivity contribution in [3.63, 3.8) is 0 Å². The van der Waals surface area contributed by atoms with Crippen molar-refractivity contribution in [2.75, 3.05) is 0 Å². The lowest BCUT2D eigenvalue weighted by Crippen LogP contribution is -1.88. The van der Waals surface area contributed by atoms with Gasteiger partial charge in [-0.15, -0.1) is 0 Å². The lowest BCUT2D eigenvalue weighted by Gasteiger charge is -2.08. The van der Waals surface area contributed by atoms with Gasteiger partial charge in [0.1, 0.15) is 0 Å². The van der Waals surface area contributed by atoms with E-state index < -0.39 is 0 Å². The summed E-state index contributed by atoms with van der Waals surface area (Å²) in [7, 11) is 0. The first-order chi connectivity index (χ1) is 14.4. The molecule has 0 spiro atoms. The highest BCUT2D eigenvalue weighted by Crippen LogP contribution is 2.38. The smallest absolute Gasteiger partial charge is 0.00132 e. The zero-order chi connectivity index (χ0) is 19.5. The largest absolute Gasteiger partial charge is 0.0622 e. The van der Waals surface area contributed by atoms with Crippen LogP contribution in [0.25, 0.3) is 35.4 Å². The Morgan fingerprint density at radius 1 is 0.448 bits per heavy atom. The maximum Gasteiger partial charge on any atom is -0.00132 e. The first-order valence-corrected chi connectivity index (χ1v) is 10.1. The molecular formula is C29H22. The van der Waals surface area contributed by atoms with E-state index in [-0.39, 0.29) is 0 Å². The predicted octanol–water partition coefficient (Wildman–Crippen LogP) is 7.60. The average molecular weight is 370 g/mol. The molecule has 0 heteroatoms. The summed E-state index contributed by atoms with van der Waals surface area (Å²) in [6, 6.07) is 34.4. The molecule has 4 aromatic carbocycles. The minimum Gasteiger partial charge on any atom is -0.0622 e. The summed E-state index contributed by atoms with van der Waals surface area (Å²) >= 11 is 0. The lowest BCUT2D eigenvalue weighted by atomic mass is 9.96. The quantitative estimate of drug-likeness (QED) is 0.286. The van der Waals surface area contributed by atoms with Crippen molar-refractivity contribution >= 4 is 24.3 Å². The maximum absolute atomic E-state index is 2.36. The average Bonchev–Trinajstić information content (AvgIpc) is 3.14. The zero-order valence-corrected chi connectivity index (χ0v) is 16.3. The van der Waals surface area contributed by atoms with Gasteiger partial charge < -0.3 is 0 Å². The van der Waals surface area contributed by atoms with Gasteiger partial charge in [-0.2, -0.15) is 0 Å². The third kappa shape index (κ3) is 3.70. The minimum atomic E-state index is 1.01. The Hall–Kier alpha value is -3.64. The molecule has 1 aliphatic rings. The Labute approximate surface area is 172 Å². The van der Waals surface area contributed by atoms with E-state index in [0.29, 0.717) is 0 Å². The maximum atomic E-state index is 2.36. The second-order valence-corrected chi connectivity index (χ2v) is 7.46. The number of fused-ring (bicyclic) bond motifs is 3. The van der Waals surface area contributed by atoms with Gasteiger partial charge in [0.15, 0.2) is 0 Å². The van der Waals surface area contributed by atoms with E-state index in [9.17, 15) is 0 Å². The molecule has 29 heavy (non-hydrogen) atoms. The molecule has 0 aliphatic heterocycles. The van der Waals surface area contributed by atoms with Gasteiger partial charge in [0.2, 0.25) is 0 Å². The van der Waals surface area contributed by atoms with Crippen molar-refractivity contribution in [1.82, 2.24) is 0 Å². The summed E-state index contributed by atoms with van der Waals surface area (Å²) in [5.74, 6) is 0. The number of benzene rings is 4.